The Balaban J connectivity index is 2.70. The average Bonchev–Trinajstić information content (AvgIpc) is 2.60. The summed E-state index contributed by atoms with van der Waals surface area (Å²) in [5.74, 6) is -0.0198. The van der Waals surface area contributed by atoms with Crippen LogP contribution < -0.4 is 4.74 Å². The number of hydrogen-bond donors (Lipinski definition) is 1. The molecule has 0 aliphatic rings. The lowest BCUT2D eigenvalue weighted by Crippen LogP contribution is -2.23. The van der Waals surface area contributed by atoms with Crippen LogP contribution in [-0.2, 0) is 26.2 Å². The number of hydrogen-bond acceptors (Lipinski definition) is 4. The van der Waals surface area contributed by atoms with E-state index in [9.17, 15) is 9.59 Å². The molecule has 0 fully saturated rings. The van der Waals surface area contributed by atoms with Gasteiger partial charge in [0.05, 0.1) is 0 Å². The molecule has 27 heavy (non-hydrogen) atoms. The first-order valence-electron chi connectivity index (χ1n) is 9.86. The predicted molar refractivity (Wildman–Crippen MR) is 106 cm³/mol. The summed E-state index contributed by atoms with van der Waals surface area (Å²) in [5.41, 5.74) is 2.21. The largest absolute Gasteiger partial charge is 0.481 e. The molecule has 1 N–H and O–H groups in total. The molecule has 152 valence electrons. The van der Waals surface area contributed by atoms with Crippen LogP contribution in [0.3, 0.4) is 0 Å². The number of aldehydes is 1. The quantitative estimate of drug-likeness (QED) is 0.300. The molecule has 0 radical (unpaired) electrons. The summed E-state index contributed by atoms with van der Waals surface area (Å²) in [7, 11) is 0. The van der Waals surface area contributed by atoms with E-state index >= 15 is 0 Å². The van der Waals surface area contributed by atoms with Gasteiger partial charge in [0, 0.05) is 13.0 Å². The van der Waals surface area contributed by atoms with Gasteiger partial charge in [-0.15, -0.1) is 0 Å². The summed E-state index contributed by atoms with van der Waals surface area (Å²) in [6.45, 7) is 8.67. The minimum atomic E-state index is -0.889. The molecule has 0 amide bonds. The minimum absolute atomic E-state index is 0.0108. The fourth-order valence-corrected chi connectivity index (χ4v) is 2.85. The number of carboxylic acid groups (broad SMARTS) is 1. The molecule has 0 bridgehead atoms. The Labute approximate surface area is 163 Å². The Morgan fingerprint density at radius 2 is 1.81 bits per heavy atom. The van der Waals surface area contributed by atoms with Gasteiger partial charge in [0.25, 0.3) is 6.29 Å². The molecule has 0 heterocycles. The third kappa shape index (κ3) is 9.05. The number of aryl methyl sites for hydroxylation is 1. The van der Waals surface area contributed by atoms with Crippen LogP contribution in [-0.4, -0.2) is 30.3 Å². The van der Waals surface area contributed by atoms with E-state index in [0.29, 0.717) is 18.6 Å². The van der Waals surface area contributed by atoms with Crippen molar-refractivity contribution in [2.24, 2.45) is 0 Å². The van der Waals surface area contributed by atoms with Crippen molar-refractivity contribution < 1.29 is 24.2 Å². The maximum absolute atomic E-state index is 11.2. The molecule has 1 aromatic carbocycles. The highest BCUT2D eigenvalue weighted by atomic mass is 16.7. The molecule has 0 aliphatic heterocycles. The first-order chi connectivity index (χ1) is 12.8. The second-order valence-corrected chi connectivity index (χ2v) is 7.81. The molecule has 0 aliphatic carbocycles. The highest BCUT2D eigenvalue weighted by Gasteiger charge is 2.18. The van der Waals surface area contributed by atoms with Crippen molar-refractivity contribution in [2.75, 3.05) is 6.61 Å². The van der Waals surface area contributed by atoms with Crippen molar-refractivity contribution in [3.05, 3.63) is 29.3 Å². The Bertz CT molecular complexity index is 589. The van der Waals surface area contributed by atoms with Crippen molar-refractivity contribution >= 4 is 12.3 Å². The number of ether oxygens (including phenoxy) is 2. The van der Waals surface area contributed by atoms with Crippen molar-refractivity contribution in [1.82, 2.24) is 0 Å². The zero-order chi connectivity index (χ0) is 20.3. The standard InChI is InChI=1S/C22H34O5/c1-5-26-21(16-23)27-19-15-18(22(2,3)4)14-13-17(19)11-9-7-6-8-10-12-20(24)25/h13-16,21H,5-12H2,1-4H3,(H,24,25). The van der Waals surface area contributed by atoms with Gasteiger partial charge in [-0.05, 0) is 48.8 Å². The van der Waals surface area contributed by atoms with Gasteiger partial charge in [-0.2, -0.15) is 0 Å². The lowest BCUT2D eigenvalue weighted by Gasteiger charge is -2.23. The smallest absolute Gasteiger partial charge is 0.303 e. The summed E-state index contributed by atoms with van der Waals surface area (Å²) in [4.78, 5) is 21.7. The van der Waals surface area contributed by atoms with Crippen molar-refractivity contribution in [3.8, 4) is 5.75 Å². The first kappa shape index (κ1) is 23.2. The van der Waals surface area contributed by atoms with Gasteiger partial charge in [-0.1, -0.05) is 52.2 Å². The fraction of sp³-hybridized carbons (Fsp3) is 0.636. The number of aliphatic carboxylic acids is 1. The third-order valence-corrected chi connectivity index (χ3v) is 4.46. The molecule has 0 saturated carbocycles. The van der Waals surface area contributed by atoms with E-state index in [1.165, 1.54) is 0 Å². The van der Waals surface area contributed by atoms with Gasteiger partial charge >= 0.3 is 5.97 Å². The van der Waals surface area contributed by atoms with Crippen molar-refractivity contribution in [2.45, 2.75) is 84.3 Å². The molecule has 0 aromatic heterocycles. The van der Waals surface area contributed by atoms with E-state index in [4.69, 9.17) is 14.6 Å². The summed E-state index contributed by atoms with van der Waals surface area (Å²) in [6.07, 6.45) is 5.64. The second kappa shape index (κ2) is 11.8. The van der Waals surface area contributed by atoms with E-state index in [1.54, 1.807) is 0 Å². The summed E-state index contributed by atoms with van der Waals surface area (Å²) >= 11 is 0. The number of carbonyl (C=O) groups is 2. The lowest BCUT2D eigenvalue weighted by atomic mass is 9.86. The minimum Gasteiger partial charge on any atom is -0.481 e. The van der Waals surface area contributed by atoms with E-state index in [0.717, 1.165) is 49.7 Å². The van der Waals surface area contributed by atoms with Gasteiger partial charge in [-0.3, -0.25) is 9.59 Å². The van der Waals surface area contributed by atoms with Crippen LogP contribution in [0.15, 0.2) is 18.2 Å². The van der Waals surface area contributed by atoms with Crippen molar-refractivity contribution in [1.29, 1.82) is 0 Å². The van der Waals surface area contributed by atoms with Gasteiger partial charge in [-0.25, -0.2) is 0 Å². The first-order valence-corrected chi connectivity index (χ1v) is 9.86. The number of carbonyl (C=O) groups excluding carboxylic acids is 1. The van der Waals surface area contributed by atoms with Gasteiger partial charge < -0.3 is 14.6 Å². The maximum Gasteiger partial charge on any atom is 0.303 e. The predicted octanol–water partition coefficient (Wildman–Crippen LogP) is 4.89. The molecule has 0 spiro atoms. The SMILES string of the molecule is CCOC(C=O)Oc1cc(C(C)(C)C)ccc1CCCCCCCC(=O)O. The third-order valence-electron chi connectivity index (χ3n) is 4.46. The molecular weight excluding hydrogens is 344 g/mol. The molecule has 0 saturated heterocycles. The normalized spacial score (nSPS) is 12.6. The van der Waals surface area contributed by atoms with Crippen LogP contribution in [0, 0.1) is 0 Å². The second-order valence-electron chi connectivity index (χ2n) is 7.81. The highest BCUT2D eigenvalue weighted by molar-refractivity contribution is 5.66. The zero-order valence-electron chi connectivity index (χ0n) is 17.1. The number of unbranched alkanes of at least 4 members (excludes halogenated alkanes) is 4. The van der Waals surface area contributed by atoms with E-state index in [-0.39, 0.29) is 11.8 Å². The highest BCUT2D eigenvalue weighted by Crippen LogP contribution is 2.30. The van der Waals surface area contributed by atoms with E-state index in [2.05, 4.69) is 32.9 Å². The molecule has 1 unspecified atom stereocenters. The molecule has 1 rings (SSSR count). The van der Waals surface area contributed by atoms with Gasteiger partial charge in [0.2, 0.25) is 0 Å². The molecular formula is C22H34O5. The van der Waals surface area contributed by atoms with Gasteiger partial charge in [0.1, 0.15) is 5.75 Å². The Morgan fingerprint density at radius 3 is 2.41 bits per heavy atom. The molecule has 5 heteroatoms. The van der Waals surface area contributed by atoms with Crippen LogP contribution in [0.25, 0.3) is 0 Å². The Hall–Kier alpha value is -1.88. The Kier molecular flexibility index (Phi) is 10.1. The van der Waals surface area contributed by atoms with Crippen LogP contribution >= 0.6 is 0 Å². The number of rotatable bonds is 13. The molecule has 1 aromatic rings. The number of benzene rings is 1. The van der Waals surface area contributed by atoms with E-state index in [1.807, 2.05) is 13.0 Å². The topological polar surface area (TPSA) is 72.8 Å². The van der Waals surface area contributed by atoms with Gasteiger partial charge in [0.15, 0.2) is 6.29 Å². The average molecular weight is 379 g/mol. The summed E-state index contributed by atoms with van der Waals surface area (Å²) in [6, 6.07) is 6.21. The monoisotopic (exact) mass is 378 g/mol. The summed E-state index contributed by atoms with van der Waals surface area (Å²) in [5, 5.41) is 8.66. The van der Waals surface area contributed by atoms with Crippen LogP contribution in [0.4, 0.5) is 0 Å². The Morgan fingerprint density at radius 1 is 1.15 bits per heavy atom. The van der Waals surface area contributed by atoms with Crippen LogP contribution in [0.1, 0.15) is 77.3 Å². The summed E-state index contributed by atoms with van der Waals surface area (Å²) < 4.78 is 11.2. The van der Waals surface area contributed by atoms with Crippen LogP contribution in [0.5, 0.6) is 5.75 Å². The van der Waals surface area contributed by atoms with Crippen LogP contribution in [0.2, 0.25) is 0 Å². The molecule has 1 atom stereocenters. The lowest BCUT2D eigenvalue weighted by molar-refractivity contribution is -0.137. The maximum atomic E-state index is 11.2. The zero-order valence-corrected chi connectivity index (χ0v) is 17.1. The molecule has 5 nitrogen and oxygen atoms in total. The fourth-order valence-electron chi connectivity index (χ4n) is 2.85. The van der Waals surface area contributed by atoms with Crippen molar-refractivity contribution in [3.63, 3.8) is 0 Å². The van der Waals surface area contributed by atoms with E-state index < -0.39 is 12.3 Å². The number of carboxylic acids is 1.